The highest BCUT2D eigenvalue weighted by Crippen LogP contribution is 2.53. The van der Waals surface area contributed by atoms with Crippen molar-refractivity contribution in [3.63, 3.8) is 0 Å². The Hall–Kier alpha value is -3.16. The molecule has 0 fully saturated rings. The van der Waals surface area contributed by atoms with Crippen molar-refractivity contribution in [2.24, 2.45) is 0 Å². The van der Waals surface area contributed by atoms with Gasteiger partial charge in [0.2, 0.25) is 0 Å². The summed E-state index contributed by atoms with van der Waals surface area (Å²) >= 11 is 0. The average molecular weight is 460 g/mol. The van der Waals surface area contributed by atoms with Crippen LogP contribution in [-0.4, -0.2) is 83.7 Å². The molecule has 0 aliphatic carbocycles. The number of hydrogen-bond donors (Lipinski definition) is 0. The van der Waals surface area contributed by atoms with Gasteiger partial charge in [-0.1, -0.05) is 5.21 Å². The lowest BCUT2D eigenvalue weighted by Gasteiger charge is -2.64. The van der Waals surface area contributed by atoms with E-state index >= 15 is 0 Å². The summed E-state index contributed by atoms with van der Waals surface area (Å²) < 4.78 is 15.3. The third-order valence-corrected chi connectivity index (χ3v) is 7.06. The van der Waals surface area contributed by atoms with E-state index in [9.17, 15) is 4.39 Å². The molecule has 0 atom stereocenters. The predicted molar refractivity (Wildman–Crippen MR) is 141 cm³/mol. The molecule has 4 aromatic rings. The zero-order chi connectivity index (χ0) is 25.5. The molecule has 162 valence electrons. The Kier molecular flexibility index (Phi) is 4.95. The molecule has 7 nitrogen and oxygen atoms in total. The van der Waals surface area contributed by atoms with Gasteiger partial charge in [0, 0.05) is 36.7 Å². The van der Waals surface area contributed by atoms with Crippen molar-refractivity contribution in [3.05, 3.63) is 66.1 Å². The Bertz CT molecular complexity index is 1510. The summed E-state index contributed by atoms with van der Waals surface area (Å²) in [5, 5.41) is -0.935. The second kappa shape index (κ2) is 7.67. The van der Waals surface area contributed by atoms with Crippen LogP contribution in [0.5, 0.6) is 0 Å². The molecular weight excluding hydrogens is 446 g/mol. The van der Waals surface area contributed by atoms with Gasteiger partial charge in [0.15, 0.2) is 0 Å². The Labute approximate surface area is 215 Å². The first kappa shape index (κ1) is 23.3. The number of rotatable bonds is 2. The van der Waals surface area contributed by atoms with E-state index in [-0.39, 0.29) is 5.82 Å². The van der Waals surface area contributed by atoms with Gasteiger partial charge in [-0.2, -0.15) is 5.10 Å². The molecule has 0 saturated heterocycles. The molecule has 36 heavy (non-hydrogen) atoms. The van der Waals surface area contributed by atoms with E-state index in [1.165, 1.54) is 34.2 Å². The van der Waals surface area contributed by atoms with Gasteiger partial charge in [0.05, 0.1) is 70.7 Å². The Morgan fingerprint density at radius 3 is 2.53 bits per heavy atom. The van der Waals surface area contributed by atoms with Gasteiger partial charge in [0.25, 0.3) is 0 Å². The number of halogens is 1. The van der Waals surface area contributed by atoms with E-state index in [0.717, 1.165) is 11.3 Å². The van der Waals surface area contributed by atoms with Crippen LogP contribution < -0.4 is 9.80 Å². The molecule has 5 heterocycles. The SMILES string of the molecule is [B]C1([B])N(c2cnc3c(c2)CN(c2ncnc4ccc(F)cc24)CC3)c2ccnn2C([B])([B])C1([B])[B]. The summed E-state index contributed by atoms with van der Waals surface area (Å²) in [6.07, 6.45) is 5.27. The molecule has 6 rings (SSSR count). The van der Waals surface area contributed by atoms with Gasteiger partial charge >= 0.3 is 0 Å². The first-order valence-corrected chi connectivity index (χ1v) is 11.2. The fourth-order valence-corrected chi connectivity index (χ4v) is 4.95. The predicted octanol–water partition coefficient (Wildman–Crippen LogP) is 0.466. The fourth-order valence-electron chi connectivity index (χ4n) is 4.95. The quantitative estimate of drug-likeness (QED) is 0.406. The van der Waals surface area contributed by atoms with Gasteiger partial charge in [-0.25, -0.2) is 14.4 Å². The van der Waals surface area contributed by atoms with Crippen LogP contribution in [0.4, 0.5) is 21.7 Å². The number of nitrogens with zero attached hydrogens (tertiary/aromatic N) is 7. The second-order valence-corrected chi connectivity index (χ2v) is 9.29. The number of fused-ring (bicyclic) bond motifs is 3. The molecule has 2 aliphatic heterocycles. The summed E-state index contributed by atoms with van der Waals surface area (Å²) in [6, 6.07) is 8.01. The minimum absolute atomic E-state index is 0.355. The van der Waals surface area contributed by atoms with E-state index < -0.39 is 15.9 Å². The van der Waals surface area contributed by atoms with Crippen LogP contribution >= 0.6 is 0 Å². The lowest BCUT2D eigenvalue weighted by atomic mass is 9.21. The molecule has 12 radical (unpaired) electrons. The number of aromatic nitrogens is 5. The maximum atomic E-state index is 14.0. The van der Waals surface area contributed by atoms with E-state index in [2.05, 4.69) is 25.0 Å². The standard InChI is InChI=1S/C22H14B6FN7/c23-20(24)21(25,26)35(18-3-5-33-36(18)22(20,27)28)14-7-12-10-34(6-4-16(12)30-9-14)19-15-8-13(29)1-2-17(15)31-11-32-19/h1-3,5,7-9,11H,4,6,10H2. The lowest BCUT2D eigenvalue weighted by Crippen LogP contribution is -2.70. The molecule has 0 amide bonds. The zero-order valence-corrected chi connectivity index (χ0v) is 19.2. The summed E-state index contributed by atoms with van der Waals surface area (Å²) in [6.45, 7) is 1.11. The fraction of sp³-hybridized carbons (Fsp3) is 0.273. The van der Waals surface area contributed by atoms with Gasteiger partial charge < -0.3 is 9.80 Å². The molecular formula is C22H14B6FN7. The Morgan fingerprint density at radius 1 is 0.917 bits per heavy atom. The topological polar surface area (TPSA) is 63.0 Å². The molecule has 3 aromatic heterocycles. The van der Waals surface area contributed by atoms with Crippen molar-refractivity contribution in [1.29, 1.82) is 0 Å². The lowest BCUT2D eigenvalue weighted by molar-refractivity contribution is 0.394. The van der Waals surface area contributed by atoms with Gasteiger partial charge in [-0.15, -0.1) is 0 Å². The number of hydrogen-bond acceptors (Lipinski definition) is 6. The molecule has 0 unspecified atom stereocenters. The highest BCUT2D eigenvalue weighted by Gasteiger charge is 2.54. The summed E-state index contributed by atoms with van der Waals surface area (Å²) in [5.74, 6) is 0.688. The van der Waals surface area contributed by atoms with Crippen LogP contribution in [-0.2, 0) is 18.3 Å². The Balaban J connectivity index is 1.43. The zero-order valence-electron chi connectivity index (χ0n) is 19.2. The molecule has 0 bridgehead atoms. The Morgan fingerprint density at radius 2 is 1.72 bits per heavy atom. The molecule has 0 spiro atoms. The summed E-state index contributed by atoms with van der Waals surface area (Å²) in [5.41, 5.74) is 2.99. The van der Waals surface area contributed by atoms with E-state index in [1.54, 1.807) is 18.3 Å². The van der Waals surface area contributed by atoms with Crippen molar-refractivity contribution in [2.75, 3.05) is 16.3 Å². The number of benzene rings is 1. The minimum atomic E-state index is -2.00. The first-order valence-electron chi connectivity index (χ1n) is 11.2. The molecule has 0 N–H and O–H groups in total. The smallest absolute Gasteiger partial charge is 0.140 e. The summed E-state index contributed by atoms with van der Waals surface area (Å²) in [7, 11) is 38.2. The number of anilines is 3. The highest BCUT2D eigenvalue weighted by atomic mass is 19.1. The normalized spacial score (nSPS) is 19.6. The summed E-state index contributed by atoms with van der Waals surface area (Å²) in [4.78, 5) is 16.9. The first-order chi connectivity index (χ1) is 17.0. The maximum absolute atomic E-state index is 14.0. The van der Waals surface area contributed by atoms with Crippen LogP contribution in [0.25, 0.3) is 10.9 Å². The van der Waals surface area contributed by atoms with Crippen LogP contribution in [0.2, 0.25) is 5.21 Å². The average Bonchev–Trinajstić information content (AvgIpc) is 3.32. The minimum Gasteiger partial charge on any atom is -0.351 e. The molecule has 0 saturated carbocycles. The second-order valence-electron chi connectivity index (χ2n) is 9.29. The number of pyridine rings is 1. The van der Waals surface area contributed by atoms with E-state index in [0.29, 0.717) is 47.7 Å². The van der Waals surface area contributed by atoms with Crippen molar-refractivity contribution in [2.45, 2.75) is 28.9 Å². The molecule has 1 aromatic carbocycles. The molecule has 2 aliphatic rings. The van der Waals surface area contributed by atoms with Gasteiger partial charge in [-0.05, 0) is 40.5 Å². The van der Waals surface area contributed by atoms with Crippen LogP contribution in [0, 0.1) is 5.82 Å². The van der Waals surface area contributed by atoms with Crippen LogP contribution in [0.1, 0.15) is 11.3 Å². The highest BCUT2D eigenvalue weighted by molar-refractivity contribution is 6.62. The van der Waals surface area contributed by atoms with E-state index in [1.807, 2.05) is 6.07 Å². The third kappa shape index (κ3) is 3.12. The largest absolute Gasteiger partial charge is 0.351 e. The van der Waals surface area contributed by atoms with Crippen LogP contribution in [0.3, 0.4) is 0 Å². The van der Waals surface area contributed by atoms with Crippen molar-refractivity contribution < 1.29 is 4.39 Å². The van der Waals surface area contributed by atoms with Crippen molar-refractivity contribution in [1.82, 2.24) is 24.7 Å². The molecule has 14 heteroatoms. The van der Waals surface area contributed by atoms with Crippen molar-refractivity contribution in [3.8, 4) is 0 Å². The van der Waals surface area contributed by atoms with E-state index in [4.69, 9.17) is 47.1 Å². The van der Waals surface area contributed by atoms with Gasteiger partial charge in [0.1, 0.15) is 23.8 Å². The van der Waals surface area contributed by atoms with Gasteiger partial charge in [-0.3, -0.25) is 9.67 Å². The van der Waals surface area contributed by atoms with Crippen LogP contribution in [0.15, 0.2) is 49.1 Å². The van der Waals surface area contributed by atoms with Crippen molar-refractivity contribution >= 4 is 75.3 Å². The monoisotopic (exact) mass is 461 g/mol. The maximum Gasteiger partial charge on any atom is 0.140 e. The third-order valence-electron chi connectivity index (χ3n) is 7.06.